The molecule has 10 nitrogen and oxygen atoms in total. The van der Waals surface area contributed by atoms with E-state index in [9.17, 15) is 19.2 Å². The molecule has 11 heteroatoms. The third kappa shape index (κ3) is 5.32. The van der Waals surface area contributed by atoms with E-state index in [2.05, 4.69) is 27.9 Å². The van der Waals surface area contributed by atoms with Gasteiger partial charge in [0.2, 0.25) is 5.75 Å². The average Bonchev–Trinajstić information content (AvgIpc) is 2.91. The molecule has 1 fully saturated rings. The van der Waals surface area contributed by atoms with Crippen molar-refractivity contribution in [3.05, 3.63) is 80.9 Å². The van der Waals surface area contributed by atoms with Gasteiger partial charge in [-0.15, -0.1) is 0 Å². The fourth-order valence-electron chi connectivity index (χ4n) is 3.69. The second-order valence-corrected chi connectivity index (χ2v) is 9.02. The molecule has 0 radical (unpaired) electrons. The van der Waals surface area contributed by atoms with Gasteiger partial charge in [-0.05, 0) is 71.1 Å². The Morgan fingerprint density at radius 2 is 1.50 bits per heavy atom. The molecule has 0 spiro atoms. The lowest BCUT2D eigenvalue weighted by Gasteiger charge is -2.26. The molecular formula is C27H21IN2O8. The van der Waals surface area contributed by atoms with Gasteiger partial charge in [0.05, 0.1) is 32.6 Å². The molecule has 0 bridgehead atoms. The first-order valence-corrected chi connectivity index (χ1v) is 12.1. The third-order valence-corrected chi connectivity index (χ3v) is 6.23. The molecular weight excluding hydrogens is 607 g/mol. The third-order valence-electron chi connectivity index (χ3n) is 5.51. The minimum atomic E-state index is -0.868. The van der Waals surface area contributed by atoms with Gasteiger partial charge < -0.3 is 18.9 Å². The highest BCUT2D eigenvalue weighted by molar-refractivity contribution is 14.1. The molecule has 0 atom stereocenters. The number of urea groups is 1. The number of esters is 1. The molecule has 1 aliphatic heterocycles. The van der Waals surface area contributed by atoms with E-state index >= 15 is 0 Å². The molecule has 4 rings (SSSR count). The largest absolute Gasteiger partial charge is 0.493 e. The second kappa shape index (κ2) is 11.3. The van der Waals surface area contributed by atoms with Gasteiger partial charge in [-0.1, -0.05) is 18.2 Å². The van der Waals surface area contributed by atoms with Gasteiger partial charge in [0.1, 0.15) is 11.3 Å². The van der Waals surface area contributed by atoms with Gasteiger partial charge in [0.25, 0.3) is 11.8 Å². The zero-order valence-corrected chi connectivity index (χ0v) is 22.6. The summed E-state index contributed by atoms with van der Waals surface area (Å²) in [7, 11) is 4.28. The number of benzene rings is 3. The highest BCUT2D eigenvalue weighted by Crippen LogP contribution is 2.38. The molecule has 4 amide bonds. The van der Waals surface area contributed by atoms with Crippen molar-refractivity contribution in [2.75, 3.05) is 26.2 Å². The summed E-state index contributed by atoms with van der Waals surface area (Å²) >= 11 is 2.10. The number of carbonyl (C=O) groups is 4. The molecule has 1 saturated heterocycles. The van der Waals surface area contributed by atoms with E-state index in [-0.39, 0.29) is 33.9 Å². The Bertz CT molecular complexity index is 1440. The number of rotatable bonds is 7. The number of amides is 4. The number of nitrogens with one attached hydrogen (secondary N) is 1. The zero-order valence-electron chi connectivity index (χ0n) is 20.4. The maximum atomic E-state index is 13.2. The number of ether oxygens (including phenoxy) is 4. The predicted octanol–water partition coefficient (Wildman–Crippen LogP) is 4.20. The Morgan fingerprint density at radius 3 is 2.11 bits per heavy atom. The van der Waals surface area contributed by atoms with Crippen LogP contribution in [0.2, 0.25) is 0 Å². The fourth-order valence-corrected chi connectivity index (χ4v) is 4.05. The Balaban J connectivity index is 1.67. The lowest BCUT2D eigenvalue weighted by Crippen LogP contribution is -2.54. The summed E-state index contributed by atoms with van der Waals surface area (Å²) in [4.78, 5) is 52.2. The SMILES string of the molecule is COc1cc(C(=O)Oc2ccccc2/C=C2/C(=O)NC(=O)N(c3ccc(I)cc3)C2=O)cc(OC)c1OC. The number of anilines is 1. The summed E-state index contributed by atoms with van der Waals surface area (Å²) in [6.45, 7) is 0. The summed E-state index contributed by atoms with van der Waals surface area (Å²) in [5, 5.41) is 2.18. The van der Waals surface area contributed by atoms with Crippen molar-refractivity contribution in [2.45, 2.75) is 0 Å². The van der Waals surface area contributed by atoms with Crippen molar-refractivity contribution in [3.63, 3.8) is 0 Å². The number of methoxy groups -OCH3 is 3. The zero-order chi connectivity index (χ0) is 27.4. The highest BCUT2D eigenvalue weighted by atomic mass is 127. The van der Waals surface area contributed by atoms with Crippen molar-refractivity contribution < 1.29 is 38.1 Å². The van der Waals surface area contributed by atoms with Crippen LogP contribution < -0.4 is 29.2 Å². The second-order valence-electron chi connectivity index (χ2n) is 7.78. The Labute approximate surface area is 231 Å². The number of barbiturate groups is 1. The molecule has 1 N–H and O–H groups in total. The van der Waals surface area contributed by atoms with Crippen LogP contribution in [0.15, 0.2) is 66.2 Å². The van der Waals surface area contributed by atoms with E-state index in [0.29, 0.717) is 11.4 Å². The number of carbonyl (C=O) groups excluding carboxylic acids is 4. The van der Waals surface area contributed by atoms with Crippen LogP contribution in [0.1, 0.15) is 15.9 Å². The van der Waals surface area contributed by atoms with Crippen LogP contribution in [0.4, 0.5) is 10.5 Å². The van der Waals surface area contributed by atoms with E-state index in [1.807, 2.05) is 0 Å². The van der Waals surface area contributed by atoms with Crippen LogP contribution in [0.3, 0.4) is 0 Å². The van der Waals surface area contributed by atoms with Gasteiger partial charge in [-0.2, -0.15) is 0 Å². The molecule has 0 aromatic heterocycles. The molecule has 3 aromatic carbocycles. The first-order chi connectivity index (χ1) is 18.3. The summed E-state index contributed by atoms with van der Waals surface area (Å²) in [5.41, 5.74) is 0.375. The van der Waals surface area contributed by atoms with E-state index < -0.39 is 23.8 Å². The number of nitrogens with zero attached hydrogens (tertiary/aromatic N) is 1. The van der Waals surface area contributed by atoms with Gasteiger partial charge in [-0.3, -0.25) is 14.9 Å². The number of hydrogen-bond acceptors (Lipinski definition) is 8. The number of imide groups is 2. The molecule has 0 saturated carbocycles. The van der Waals surface area contributed by atoms with Crippen molar-refractivity contribution >= 4 is 58.2 Å². The van der Waals surface area contributed by atoms with Gasteiger partial charge in [-0.25, -0.2) is 14.5 Å². The van der Waals surface area contributed by atoms with Crippen LogP contribution >= 0.6 is 22.6 Å². The molecule has 1 aliphatic rings. The minimum Gasteiger partial charge on any atom is -0.493 e. The fraction of sp³-hybridized carbons (Fsp3) is 0.111. The maximum Gasteiger partial charge on any atom is 0.343 e. The highest BCUT2D eigenvalue weighted by Gasteiger charge is 2.37. The molecule has 38 heavy (non-hydrogen) atoms. The standard InChI is InChI=1S/C27H21IN2O8/c1-35-21-13-16(14-22(36-2)23(21)37-3)26(33)38-20-7-5-4-6-15(20)12-19-24(31)29-27(34)30(25(19)32)18-10-8-17(28)9-11-18/h4-14H,1-3H3,(H,29,31,34)/b19-12-. The smallest absolute Gasteiger partial charge is 0.343 e. The van der Waals surface area contributed by atoms with Crippen molar-refractivity contribution in [2.24, 2.45) is 0 Å². The van der Waals surface area contributed by atoms with Crippen molar-refractivity contribution in [1.29, 1.82) is 0 Å². The van der Waals surface area contributed by atoms with E-state index in [1.54, 1.807) is 42.5 Å². The van der Waals surface area contributed by atoms with E-state index in [4.69, 9.17) is 18.9 Å². The maximum absolute atomic E-state index is 13.2. The lowest BCUT2D eigenvalue weighted by atomic mass is 10.1. The van der Waals surface area contributed by atoms with Gasteiger partial charge >= 0.3 is 12.0 Å². The summed E-state index contributed by atoms with van der Waals surface area (Å²) in [5.74, 6) is -1.51. The Morgan fingerprint density at radius 1 is 0.868 bits per heavy atom. The monoisotopic (exact) mass is 628 g/mol. The summed E-state index contributed by atoms with van der Waals surface area (Å²) in [6.07, 6.45) is 1.27. The Hall–Kier alpha value is -4.39. The van der Waals surface area contributed by atoms with Crippen LogP contribution in [0, 0.1) is 3.57 Å². The number of para-hydroxylation sites is 1. The quantitative estimate of drug-likeness (QED) is 0.136. The van der Waals surface area contributed by atoms with Gasteiger partial charge in [0.15, 0.2) is 11.5 Å². The first-order valence-electron chi connectivity index (χ1n) is 11.1. The van der Waals surface area contributed by atoms with Gasteiger partial charge in [0, 0.05) is 9.13 Å². The van der Waals surface area contributed by atoms with Crippen molar-refractivity contribution in [3.8, 4) is 23.0 Å². The lowest BCUT2D eigenvalue weighted by molar-refractivity contribution is -0.122. The van der Waals surface area contributed by atoms with Crippen LogP contribution in [0.5, 0.6) is 23.0 Å². The molecule has 1 heterocycles. The average molecular weight is 628 g/mol. The molecule has 194 valence electrons. The topological polar surface area (TPSA) is 120 Å². The van der Waals surface area contributed by atoms with Crippen LogP contribution in [-0.2, 0) is 9.59 Å². The summed E-state index contributed by atoms with van der Waals surface area (Å²) < 4.78 is 22.4. The molecule has 0 unspecified atom stereocenters. The number of halogens is 1. The molecule has 0 aliphatic carbocycles. The summed E-state index contributed by atoms with van der Waals surface area (Å²) in [6, 6.07) is 15.0. The minimum absolute atomic E-state index is 0.0806. The van der Waals surface area contributed by atoms with Crippen LogP contribution in [0.25, 0.3) is 6.08 Å². The normalized spacial score (nSPS) is 14.3. The molecule has 3 aromatic rings. The Kier molecular flexibility index (Phi) is 7.96. The predicted molar refractivity (Wildman–Crippen MR) is 146 cm³/mol. The first kappa shape index (κ1) is 26.7. The van der Waals surface area contributed by atoms with Crippen molar-refractivity contribution in [1.82, 2.24) is 5.32 Å². The number of hydrogen-bond donors (Lipinski definition) is 1. The van der Waals surface area contributed by atoms with E-state index in [0.717, 1.165) is 8.47 Å². The van der Waals surface area contributed by atoms with E-state index in [1.165, 1.54) is 45.6 Å². The van der Waals surface area contributed by atoms with Crippen LogP contribution in [-0.4, -0.2) is 45.1 Å².